The molecule has 0 aliphatic carbocycles. The Balaban J connectivity index is 3.41. The van der Waals surface area contributed by atoms with Gasteiger partial charge in [0.1, 0.15) is 0 Å². The number of rotatable bonds is 5. The zero-order valence-corrected chi connectivity index (χ0v) is 7.43. The SMILES string of the molecule is NCCCC(N)C(=O)CBr. The van der Waals surface area contributed by atoms with Gasteiger partial charge in [-0.1, -0.05) is 15.9 Å². The molecule has 0 aliphatic rings. The summed E-state index contributed by atoms with van der Waals surface area (Å²) in [5.74, 6) is 0.0495. The molecular weight excluding hydrogens is 196 g/mol. The molecule has 0 saturated carbocycles. The molecular formula is C6H13BrN2O. The summed E-state index contributed by atoms with van der Waals surface area (Å²) in [6.07, 6.45) is 1.51. The van der Waals surface area contributed by atoms with Crippen molar-refractivity contribution in [3.63, 3.8) is 0 Å². The second kappa shape index (κ2) is 5.82. The Morgan fingerprint density at radius 2 is 2.20 bits per heavy atom. The zero-order chi connectivity index (χ0) is 7.98. The van der Waals surface area contributed by atoms with E-state index < -0.39 is 0 Å². The van der Waals surface area contributed by atoms with Gasteiger partial charge in [-0.15, -0.1) is 0 Å². The fourth-order valence-corrected chi connectivity index (χ4v) is 1.01. The van der Waals surface area contributed by atoms with Gasteiger partial charge in [-0.3, -0.25) is 4.79 Å². The summed E-state index contributed by atoms with van der Waals surface area (Å²) in [5, 5.41) is 0.346. The van der Waals surface area contributed by atoms with E-state index in [0.717, 1.165) is 6.42 Å². The summed E-state index contributed by atoms with van der Waals surface area (Å²) in [6.45, 7) is 0.600. The first-order chi connectivity index (χ1) is 4.72. The lowest BCUT2D eigenvalue weighted by Crippen LogP contribution is -2.31. The minimum absolute atomic E-state index is 0.0495. The Kier molecular flexibility index (Phi) is 5.87. The molecule has 4 heteroatoms. The first kappa shape index (κ1) is 10.1. The van der Waals surface area contributed by atoms with Crippen molar-refractivity contribution in [1.82, 2.24) is 0 Å². The largest absolute Gasteiger partial charge is 0.330 e. The molecule has 10 heavy (non-hydrogen) atoms. The van der Waals surface area contributed by atoms with Crippen LogP contribution in [0.3, 0.4) is 0 Å². The normalized spacial score (nSPS) is 13.1. The van der Waals surface area contributed by atoms with Gasteiger partial charge in [-0.2, -0.15) is 0 Å². The molecule has 0 fully saturated rings. The minimum Gasteiger partial charge on any atom is -0.330 e. The lowest BCUT2D eigenvalue weighted by atomic mass is 10.1. The van der Waals surface area contributed by atoms with Gasteiger partial charge in [-0.25, -0.2) is 0 Å². The van der Waals surface area contributed by atoms with Crippen LogP contribution < -0.4 is 11.5 Å². The standard InChI is InChI=1S/C6H13BrN2O/c7-4-6(10)5(9)2-1-3-8/h5H,1-4,8-9H2. The smallest absolute Gasteiger partial charge is 0.160 e. The quantitative estimate of drug-likeness (QED) is 0.627. The maximum absolute atomic E-state index is 10.8. The number of carbonyl (C=O) groups excluding carboxylic acids is 1. The lowest BCUT2D eigenvalue weighted by Gasteiger charge is -2.06. The number of ketones is 1. The van der Waals surface area contributed by atoms with E-state index in [1.165, 1.54) is 0 Å². The Bertz CT molecular complexity index is 108. The highest BCUT2D eigenvalue weighted by atomic mass is 79.9. The summed E-state index contributed by atoms with van der Waals surface area (Å²) in [6, 6.07) is -0.331. The molecule has 0 aromatic carbocycles. The van der Waals surface area contributed by atoms with Crippen LogP contribution in [0, 0.1) is 0 Å². The molecule has 3 nitrogen and oxygen atoms in total. The van der Waals surface area contributed by atoms with Gasteiger partial charge < -0.3 is 11.5 Å². The van der Waals surface area contributed by atoms with Crippen LogP contribution in [0.4, 0.5) is 0 Å². The van der Waals surface area contributed by atoms with Gasteiger partial charge in [0.25, 0.3) is 0 Å². The van der Waals surface area contributed by atoms with Crippen molar-refractivity contribution in [3.8, 4) is 0 Å². The highest BCUT2D eigenvalue weighted by Gasteiger charge is 2.09. The molecule has 1 atom stereocenters. The number of hydrogen-bond donors (Lipinski definition) is 2. The Morgan fingerprint density at radius 1 is 1.60 bits per heavy atom. The van der Waals surface area contributed by atoms with E-state index in [0.29, 0.717) is 18.3 Å². The number of hydrogen-bond acceptors (Lipinski definition) is 3. The zero-order valence-electron chi connectivity index (χ0n) is 5.85. The molecule has 0 heterocycles. The monoisotopic (exact) mass is 208 g/mol. The number of nitrogens with two attached hydrogens (primary N) is 2. The third kappa shape index (κ3) is 3.98. The molecule has 0 aliphatic heterocycles. The molecule has 1 unspecified atom stereocenters. The van der Waals surface area contributed by atoms with Gasteiger partial charge in [0.2, 0.25) is 0 Å². The van der Waals surface area contributed by atoms with Crippen LogP contribution >= 0.6 is 15.9 Å². The highest BCUT2D eigenvalue weighted by Crippen LogP contribution is 1.96. The second-order valence-electron chi connectivity index (χ2n) is 2.14. The van der Waals surface area contributed by atoms with Crippen LogP contribution in [0.5, 0.6) is 0 Å². The molecule has 0 rings (SSSR count). The molecule has 60 valence electrons. The lowest BCUT2D eigenvalue weighted by molar-refractivity contribution is -0.117. The third-order valence-electron chi connectivity index (χ3n) is 1.26. The molecule has 0 aromatic heterocycles. The van der Waals surface area contributed by atoms with Crippen LogP contribution in [0.2, 0.25) is 0 Å². The molecule has 4 N–H and O–H groups in total. The fourth-order valence-electron chi connectivity index (χ4n) is 0.598. The van der Waals surface area contributed by atoms with Crippen LogP contribution in [0.25, 0.3) is 0 Å². The van der Waals surface area contributed by atoms with E-state index in [2.05, 4.69) is 15.9 Å². The summed E-state index contributed by atoms with van der Waals surface area (Å²) in [4.78, 5) is 10.8. The number of halogens is 1. The Hall–Kier alpha value is 0.0700. The van der Waals surface area contributed by atoms with Gasteiger partial charge in [-0.05, 0) is 19.4 Å². The first-order valence-corrected chi connectivity index (χ1v) is 4.38. The fraction of sp³-hybridized carbons (Fsp3) is 0.833. The van der Waals surface area contributed by atoms with Crippen LogP contribution in [0.15, 0.2) is 0 Å². The second-order valence-corrected chi connectivity index (χ2v) is 2.70. The van der Waals surface area contributed by atoms with Crippen molar-refractivity contribution in [2.24, 2.45) is 11.5 Å². The summed E-state index contributed by atoms with van der Waals surface area (Å²) in [7, 11) is 0. The minimum atomic E-state index is -0.331. The average Bonchev–Trinajstić information content (AvgIpc) is 1.98. The van der Waals surface area contributed by atoms with E-state index in [1.807, 2.05) is 0 Å². The van der Waals surface area contributed by atoms with Crippen LogP contribution in [0.1, 0.15) is 12.8 Å². The van der Waals surface area contributed by atoms with Gasteiger partial charge in [0, 0.05) is 0 Å². The topological polar surface area (TPSA) is 69.1 Å². The molecule has 0 saturated heterocycles. The van der Waals surface area contributed by atoms with E-state index in [4.69, 9.17) is 11.5 Å². The molecule has 0 amide bonds. The summed E-state index contributed by atoms with van der Waals surface area (Å²) >= 11 is 3.05. The van der Waals surface area contributed by atoms with Crippen LogP contribution in [-0.4, -0.2) is 23.7 Å². The predicted molar refractivity (Wildman–Crippen MR) is 45.1 cm³/mol. The van der Waals surface area contributed by atoms with Crippen LogP contribution in [-0.2, 0) is 4.79 Å². The van der Waals surface area contributed by atoms with E-state index in [1.54, 1.807) is 0 Å². The summed E-state index contributed by atoms with van der Waals surface area (Å²) < 4.78 is 0. The number of alkyl halides is 1. The number of carbonyl (C=O) groups is 1. The first-order valence-electron chi connectivity index (χ1n) is 3.26. The highest BCUT2D eigenvalue weighted by molar-refractivity contribution is 9.09. The van der Waals surface area contributed by atoms with E-state index in [9.17, 15) is 4.79 Å². The van der Waals surface area contributed by atoms with Crippen molar-refractivity contribution in [1.29, 1.82) is 0 Å². The van der Waals surface area contributed by atoms with Crippen molar-refractivity contribution in [2.75, 3.05) is 11.9 Å². The van der Waals surface area contributed by atoms with Crippen molar-refractivity contribution in [2.45, 2.75) is 18.9 Å². The average molecular weight is 209 g/mol. The number of Topliss-reactive ketones (excluding diaryl/α,β-unsaturated/α-hetero) is 1. The predicted octanol–water partition coefficient (Wildman–Crippen LogP) is 0.0166. The van der Waals surface area contributed by atoms with Crippen molar-refractivity contribution in [3.05, 3.63) is 0 Å². The van der Waals surface area contributed by atoms with Gasteiger partial charge in [0.15, 0.2) is 5.78 Å². The molecule has 0 aromatic rings. The third-order valence-corrected chi connectivity index (χ3v) is 1.82. The van der Waals surface area contributed by atoms with E-state index >= 15 is 0 Å². The molecule has 0 spiro atoms. The maximum atomic E-state index is 10.8. The van der Waals surface area contributed by atoms with Gasteiger partial charge in [0.05, 0.1) is 11.4 Å². The molecule has 0 radical (unpaired) electrons. The Labute approximate surface area is 69.3 Å². The summed E-state index contributed by atoms with van der Waals surface area (Å²) in [5.41, 5.74) is 10.7. The maximum Gasteiger partial charge on any atom is 0.160 e. The van der Waals surface area contributed by atoms with Crippen molar-refractivity contribution < 1.29 is 4.79 Å². The van der Waals surface area contributed by atoms with E-state index in [-0.39, 0.29) is 11.8 Å². The Morgan fingerprint density at radius 3 is 2.60 bits per heavy atom. The van der Waals surface area contributed by atoms with Gasteiger partial charge >= 0.3 is 0 Å². The van der Waals surface area contributed by atoms with Crippen molar-refractivity contribution >= 4 is 21.7 Å². The molecule has 0 bridgehead atoms.